The Bertz CT molecular complexity index is 1470. The average molecular weight is 519 g/mol. The van der Waals surface area contributed by atoms with Crippen molar-refractivity contribution in [3.63, 3.8) is 0 Å². The maximum atomic E-state index is 14.1. The van der Waals surface area contributed by atoms with E-state index in [0.717, 1.165) is 18.1 Å². The van der Waals surface area contributed by atoms with Crippen molar-refractivity contribution in [2.24, 2.45) is 22.7 Å². The third-order valence-corrected chi connectivity index (χ3v) is 9.27. The number of fused-ring (bicyclic) bond motifs is 3. The van der Waals surface area contributed by atoms with Crippen LogP contribution >= 0.6 is 0 Å². The lowest BCUT2D eigenvalue weighted by molar-refractivity contribution is -0.171. The molecular weight excluding hydrogens is 484 g/mol. The second-order valence-corrected chi connectivity index (χ2v) is 12.3. The number of allylic oxidation sites excluding steroid dienone is 6. The van der Waals surface area contributed by atoms with Gasteiger partial charge in [0, 0.05) is 22.3 Å². The first-order valence-corrected chi connectivity index (χ1v) is 13.0. The number of carbonyl (C=O) groups is 3. The van der Waals surface area contributed by atoms with Crippen LogP contribution in [-0.2, 0) is 16.0 Å². The van der Waals surface area contributed by atoms with E-state index < -0.39 is 51.0 Å². The summed E-state index contributed by atoms with van der Waals surface area (Å²) in [7, 11) is 0. The maximum Gasteiger partial charge on any atom is 0.209 e. The van der Waals surface area contributed by atoms with Gasteiger partial charge in [-0.2, -0.15) is 0 Å². The van der Waals surface area contributed by atoms with E-state index in [1.807, 2.05) is 39.8 Å². The molecule has 200 valence electrons. The minimum Gasteiger partial charge on any atom is -0.511 e. The SMILES string of the molecule is CC(=O)C1=C(O)C(C(C)C)[C@@]2(C)C[C@@]3(C)Cc4c(C5=CC=C(C)C5)ccc(O)c4C(=O)C3=C(O)[C@@]2(O)C1=O. The zero-order chi connectivity index (χ0) is 28.1. The van der Waals surface area contributed by atoms with Crippen LogP contribution < -0.4 is 0 Å². The first-order chi connectivity index (χ1) is 17.6. The third kappa shape index (κ3) is 3.08. The topological polar surface area (TPSA) is 132 Å². The largest absolute Gasteiger partial charge is 0.511 e. The molecule has 1 unspecified atom stereocenters. The fraction of sp³-hybridized carbons (Fsp3) is 0.452. The van der Waals surface area contributed by atoms with E-state index in [1.54, 1.807) is 13.0 Å². The second kappa shape index (κ2) is 8.03. The molecular formula is C31H34O7. The highest BCUT2D eigenvalue weighted by Gasteiger charge is 2.71. The molecule has 0 bridgehead atoms. The standard InChI is InChI=1S/C31H34O7/c1-14(2)23-25(34)21(16(4)32)27(36)31(38)28(37)24-26(35)22-19(12-29(24,5)13-30(23,31)6)18(9-10-20(22)33)17-8-7-15(3)11-17/h7-10,14,23,33-34,37-38H,11-13H2,1-6H3/t23?,29-,30-,31+/m1/s1. The number of aliphatic hydroxyl groups excluding tert-OH is 2. The summed E-state index contributed by atoms with van der Waals surface area (Å²) >= 11 is 0. The zero-order valence-corrected chi connectivity index (χ0v) is 22.6. The minimum absolute atomic E-state index is 0.0491. The van der Waals surface area contributed by atoms with Gasteiger partial charge in [-0.1, -0.05) is 51.5 Å². The summed E-state index contributed by atoms with van der Waals surface area (Å²) in [6.45, 7) is 10.2. The van der Waals surface area contributed by atoms with Crippen LogP contribution in [0.25, 0.3) is 5.57 Å². The van der Waals surface area contributed by atoms with Gasteiger partial charge in [0.15, 0.2) is 17.2 Å². The van der Waals surface area contributed by atoms with Crippen molar-refractivity contribution < 1.29 is 34.8 Å². The molecule has 4 aliphatic rings. The molecule has 1 aromatic rings. The highest BCUT2D eigenvalue weighted by molar-refractivity contribution is 6.25. The van der Waals surface area contributed by atoms with Crippen LogP contribution in [0.2, 0.25) is 0 Å². The lowest BCUT2D eigenvalue weighted by Gasteiger charge is -2.59. The predicted octanol–water partition coefficient (Wildman–Crippen LogP) is 5.08. The number of ketones is 3. The molecule has 0 saturated heterocycles. The summed E-state index contributed by atoms with van der Waals surface area (Å²) in [5.41, 5.74) is -2.00. The number of carbonyl (C=O) groups excluding carboxylic acids is 3. The van der Waals surface area contributed by atoms with Crippen molar-refractivity contribution in [2.45, 2.75) is 66.4 Å². The Balaban J connectivity index is 1.79. The molecule has 4 atom stereocenters. The minimum atomic E-state index is -2.60. The fourth-order valence-corrected chi connectivity index (χ4v) is 7.88. The van der Waals surface area contributed by atoms with Gasteiger partial charge in [0.1, 0.15) is 22.8 Å². The molecule has 0 radical (unpaired) electrons. The average Bonchev–Trinajstić information content (AvgIpc) is 3.21. The Labute approximate surface area is 221 Å². The molecule has 0 spiro atoms. The molecule has 4 N–H and O–H groups in total. The second-order valence-electron chi connectivity index (χ2n) is 12.3. The maximum absolute atomic E-state index is 14.1. The van der Waals surface area contributed by atoms with E-state index in [9.17, 15) is 34.8 Å². The molecule has 7 nitrogen and oxygen atoms in total. The molecule has 0 aliphatic heterocycles. The molecule has 1 aromatic carbocycles. The van der Waals surface area contributed by atoms with Gasteiger partial charge in [-0.3, -0.25) is 14.4 Å². The fourth-order valence-electron chi connectivity index (χ4n) is 7.88. The van der Waals surface area contributed by atoms with Crippen LogP contribution in [-0.4, -0.2) is 43.4 Å². The van der Waals surface area contributed by atoms with Crippen molar-refractivity contribution in [1.82, 2.24) is 0 Å². The van der Waals surface area contributed by atoms with Crippen molar-refractivity contribution >= 4 is 22.9 Å². The Morgan fingerprint density at radius 1 is 1.08 bits per heavy atom. The van der Waals surface area contributed by atoms with E-state index >= 15 is 0 Å². The quantitative estimate of drug-likeness (QED) is 0.410. The Kier molecular flexibility index (Phi) is 5.53. The van der Waals surface area contributed by atoms with E-state index in [-0.39, 0.29) is 41.4 Å². The summed E-state index contributed by atoms with van der Waals surface area (Å²) in [5, 5.41) is 45.8. The normalized spacial score (nSPS) is 32.7. The van der Waals surface area contributed by atoms with E-state index in [1.165, 1.54) is 11.6 Å². The highest BCUT2D eigenvalue weighted by Crippen LogP contribution is 2.65. The number of phenolic OH excluding ortho intramolecular Hbond substituents is 1. The van der Waals surface area contributed by atoms with Gasteiger partial charge in [-0.25, -0.2) is 0 Å². The lowest BCUT2D eigenvalue weighted by Crippen LogP contribution is -2.67. The number of rotatable bonds is 3. The molecule has 5 rings (SSSR count). The Morgan fingerprint density at radius 3 is 2.29 bits per heavy atom. The van der Waals surface area contributed by atoms with Crippen molar-refractivity contribution in [3.05, 3.63) is 69.2 Å². The number of aromatic hydroxyl groups is 1. The summed E-state index contributed by atoms with van der Waals surface area (Å²) in [5.74, 6) is -5.06. The molecule has 0 amide bonds. The molecule has 38 heavy (non-hydrogen) atoms. The van der Waals surface area contributed by atoms with E-state index in [0.29, 0.717) is 12.0 Å². The summed E-state index contributed by atoms with van der Waals surface area (Å²) in [4.78, 5) is 40.3. The van der Waals surface area contributed by atoms with Crippen LogP contribution in [0.1, 0.15) is 75.9 Å². The molecule has 0 heterocycles. The lowest BCUT2D eigenvalue weighted by atomic mass is 9.44. The number of Topliss-reactive ketones (excluding diaryl/α,β-unsaturated/α-hetero) is 3. The number of hydrogen-bond donors (Lipinski definition) is 4. The van der Waals surface area contributed by atoms with Gasteiger partial charge in [0.25, 0.3) is 0 Å². The van der Waals surface area contributed by atoms with Gasteiger partial charge in [0.2, 0.25) is 5.78 Å². The summed E-state index contributed by atoms with van der Waals surface area (Å²) < 4.78 is 0. The van der Waals surface area contributed by atoms with Gasteiger partial charge in [0.05, 0.1) is 5.56 Å². The zero-order valence-electron chi connectivity index (χ0n) is 22.6. The van der Waals surface area contributed by atoms with Gasteiger partial charge < -0.3 is 20.4 Å². The number of aliphatic hydroxyl groups is 3. The molecule has 7 heteroatoms. The molecule has 0 aromatic heterocycles. The van der Waals surface area contributed by atoms with E-state index in [2.05, 4.69) is 0 Å². The van der Waals surface area contributed by atoms with E-state index in [4.69, 9.17) is 0 Å². The third-order valence-electron chi connectivity index (χ3n) is 9.27. The van der Waals surface area contributed by atoms with Crippen LogP contribution in [0.4, 0.5) is 0 Å². The summed E-state index contributed by atoms with van der Waals surface area (Å²) in [6.07, 6.45) is 5.07. The first kappa shape index (κ1) is 26.2. The molecule has 0 fully saturated rings. The molecule has 4 aliphatic carbocycles. The Morgan fingerprint density at radius 2 is 1.74 bits per heavy atom. The van der Waals surface area contributed by atoms with Crippen LogP contribution in [0.15, 0.2) is 52.5 Å². The van der Waals surface area contributed by atoms with Crippen molar-refractivity contribution in [3.8, 4) is 5.75 Å². The summed E-state index contributed by atoms with van der Waals surface area (Å²) in [6, 6.07) is 3.25. The van der Waals surface area contributed by atoms with Crippen LogP contribution in [0.3, 0.4) is 0 Å². The number of phenols is 1. The Hall–Kier alpha value is -3.45. The monoisotopic (exact) mass is 518 g/mol. The van der Waals surface area contributed by atoms with Gasteiger partial charge >= 0.3 is 0 Å². The smallest absolute Gasteiger partial charge is 0.209 e. The highest BCUT2D eigenvalue weighted by atomic mass is 16.3. The van der Waals surface area contributed by atoms with Gasteiger partial charge in [-0.05, 0) is 61.8 Å². The predicted molar refractivity (Wildman–Crippen MR) is 142 cm³/mol. The van der Waals surface area contributed by atoms with Crippen LogP contribution in [0, 0.1) is 22.7 Å². The number of benzene rings is 1. The van der Waals surface area contributed by atoms with Crippen LogP contribution in [0.5, 0.6) is 5.75 Å². The van der Waals surface area contributed by atoms with Gasteiger partial charge in [-0.15, -0.1) is 0 Å². The van der Waals surface area contributed by atoms with Crippen molar-refractivity contribution in [2.75, 3.05) is 0 Å². The molecule has 0 saturated carbocycles. The number of hydrogen-bond acceptors (Lipinski definition) is 7. The first-order valence-electron chi connectivity index (χ1n) is 13.0. The van der Waals surface area contributed by atoms with Crippen molar-refractivity contribution in [1.29, 1.82) is 0 Å².